The van der Waals surface area contributed by atoms with Crippen molar-refractivity contribution in [3.63, 3.8) is 0 Å². The van der Waals surface area contributed by atoms with Gasteiger partial charge in [-0.15, -0.1) is 0 Å². The lowest BCUT2D eigenvalue weighted by molar-refractivity contribution is 0.974. The molecule has 15 heavy (non-hydrogen) atoms. The molecule has 0 fully saturated rings. The van der Waals surface area contributed by atoms with E-state index in [-0.39, 0.29) is 5.11 Å². The first-order valence-corrected chi connectivity index (χ1v) is 4.91. The summed E-state index contributed by atoms with van der Waals surface area (Å²) in [6.07, 6.45) is 0. The van der Waals surface area contributed by atoms with Crippen LogP contribution in [-0.2, 0) is 0 Å². The van der Waals surface area contributed by atoms with Crippen LogP contribution in [0.4, 0.5) is 0 Å². The van der Waals surface area contributed by atoms with Gasteiger partial charge < -0.3 is 11.1 Å². The molecule has 0 aliphatic rings. The molecule has 0 atom stereocenters. The summed E-state index contributed by atoms with van der Waals surface area (Å²) in [6, 6.07) is 0. The summed E-state index contributed by atoms with van der Waals surface area (Å²) >= 11 is 9.44. The van der Waals surface area contributed by atoms with Gasteiger partial charge in [-0.1, -0.05) is 0 Å². The second kappa shape index (κ2) is 7.07. The first kappa shape index (κ1) is 13.7. The lowest BCUT2D eigenvalue weighted by Crippen LogP contribution is -2.30. The third kappa shape index (κ3) is 6.75. The van der Waals surface area contributed by atoms with E-state index in [1.54, 1.807) is 20.9 Å². The van der Waals surface area contributed by atoms with Crippen molar-refractivity contribution in [2.24, 2.45) is 15.9 Å². The largest absolute Gasteiger partial charge is 0.375 e. The van der Waals surface area contributed by atoms with Crippen molar-refractivity contribution in [3.05, 3.63) is 0 Å². The van der Waals surface area contributed by atoms with Gasteiger partial charge in [-0.25, -0.2) is 0 Å². The maximum absolute atomic E-state index is 5.21. The molecule has 0 spiro atoms. The average Bonchev–Trinajstić information content (AvgIpc) is 2.21. The van der Waals surface area contributed by atoms with Gasteiger partial charge in [-0.2, -0.15) is 10.2 Å². The Hall–Kier alpha value is -1.28. The zero-order valence-corrected chi connectivity index (χ0v) is 10.4. The van der Waals surface area contributed by atoms with Gasteiger partial charge >= 0.3 is 0 Å². The van der Waals surface area contributed by atoms with Gasteiger partial charge in [0.15, 0.2) is 10.2 Å². The molecule has 5 N–H and O–H groups in total. The molecular weight excluding hydrogens is 232 g/mol. The Morgan fingerprint density at radius 1 is 1.07 bits per heavy atom. The van der Waals surface area contributed by atoms with E-state index in [0.717, 1.165) is 0 Å². The molecule has 0 amide bonds. The number of nitrogens with zero attached hydrogens (tertiary/aromatic N) is 2. The van der Waals surface area contributed by atoms with Crippen molar-refractivity contribution in [2.75, 3.05) is 7.05 Å². The van der Waals surface area contributed by atoms with Crippen LogP contribution in [0.25, 0.3) is 0 Å². The van der Waals surface area contributed by atoms with E-state index in [1.807, 2.05) is 0 Å². The maximum atomic E-state index is 5.21. The van der Waals surface area contributed by atoms with Crippen LogP contribution in [0, 0.1) is 0 Å². The third-order valence-electron chi connectivity index (χ3n) is 1.41. The molecule has 0 aliphatic carbocycles. The molecule has 0 aliphatic heterocycles. The number of nitrogens with one attached hydrogen (secondary N) is 3. The Morgan fingerprint density at radius 2 is 1.53 bits per heavy atom. The highest BCUT2D eigenvalue weighted by Crippen LogP contribution is 1.81. The zero-order valence-electron chi connectivity index (χ0n) is 8.79. The van der Waals surface area contributed by atoms with Crippen molar-refractivity contribution >= 4 is 46.1 Å². The molecule has 0 rings (SSSR count). The Labute approximate surface area is 99.4 Å². The number of nitrogens with two attached hydrogens (primary N) is 1. The summed E-state index contributed by atoms with van der Waals surface area (Å²) < 4.78 is 0. The number of rotatable bonds is 3. The molecule has 84 valence electrons. The van der Waals surface area contributed by atoms with Crippen LogP contribution in [0.15, 0.2) is 10.2 Å². The molecule has 8 heteroatoms. The molecule has 0 saturated heterocycles. The molecule has 0 heterocycles. The fraction of sp³-hybridized carbons (Fsp3) is 0.429. The minimum Gasteiger partial charge on any atom is -0.375 e. The van der Waals surface area contributed by atoms with E-state index in [9.17, 15) is 0 Å². The molecule has 0 saturated carbocycles. The van der Waals surface area contributed by atoms with E-state index < -0.39 is 0 Å². The average molecular weight is 246 g/mol. The van der Waals surface area contributed by atoms with Crippen LogP contribution >= 0.6 is 24.4 Å². The number of thiocarbonyl (C=S) groups is 2. The van der Waals surface area contributed by atoms with Crippen molar-refractivity contribution in [2.45, 2.75) is 13.8 Å². The minimum atomic E-state index is 0.112. The standard InChI is InChI=1S/C7H14N6S2/c1-4(10-12-6(8)14)5(2)11-13-7(15)9-3/h1-3H3,(H3,8,12,14)(H2,9,13,15)/b10-4+,11-5+. The van der Waals surface area contributed by atoms with Crippen molar-refractivity contribution in [1.29, 1.82) is 0 Å². The van der Waals surface area contributed by atoms with Crippen LogP contribution in [0.5, 0.6) is 0 Å². The van der Waals surface area contributed by atoms with Gasteiger partial charge in [-0.3, -0.25) is 10.9 Å². The first-order chi connectivity index (χ1) is 6.97. The maximum Gasteiger partial charge on any atom is 0.186 e. The summed E-state index contributed by atoms with van der Waals surface area (Å²) in [5.74, 6) is 0. The Bertz CT molecular complexity index is 309. The van der Waals surface area contributed by atoms with E-state index in [0.29, 0.717) is 16.5 Å². The lowest BCUT2D eigenvalue weighted by Gasteiger charge is -2.03. The van der Waals surface area contributed by atoms with Crippen molar-refractivity contribution in [3.8, 4) is 0 Å². The fourth-order valence-electron chi connectivity index (χ4n) is 0.491. The summed E-state index contributed by atoms with van der Waals surface area (Å²) in [4.78, 5) is 0. The lowest BCUT2D eigenvalue weighted by atomic mass is 10.3. The summed E-state index contributed by atoms with van der Waals surface area (Å²) in [5.41, 5.74) is 11.7. The monoisotopic (exact) mass is 246 g/mol. The van der Waals surface area contributed by atoms with E-state index in [4.69, 9.17) is 18.0 Å². The molecule has 0 radical (unpaired) electrons. The van der Waals surface area contributed by atoms with Gasteiger partial charge in [0.1, 0.15) is 0 Å². The summed E-state index contributed by atoms with van der Waals surface area (Å²) in [7, 11) is 1.70. The highest BCUT2D eigenvalue weighted by molar-refractivity contribution is 7.80. The molecule has 0 aromatic carbocycles. The van der Waals surface area contributed by atoms with E-state index in [1.165, 1.54) is 0 Å². The predicted octanol–water partition coefficient (Wildman–Crippen LogP) is -0.335. The number of hydrazone groups is 2. The van der Waals surface area contributed by atoms with E-state index in [2.05, 4.69) is 38.6 Å². The number of hydrogen-bond acceptors (Lipinski definition) is 4. The second-order valence-electron chi connectivity index (χ2n) is 2.56. The first-order valence-electron chi connectivity index (χ1n) is 4.09. The van der Waals surface area contributed by atoms with Crippen LogP contribution in [0.1, 0.15) is 13.8 Å². The summed E-state index contributed by atoms with van der Waals surface area (Å²) in [6.45, 7) is 3.56. The molecular formula is C7H14N6S2. The molecule has 6 nitrogen and oxygen atoms in total. The van der Waals surface area contributed by atoms with Crippen LogP contribution in [-0.4, -0.2) is 28.7 Å². The van der Waals surface area contributed by atoms with E-state index >= 15 is 0 Å². The number of hydrogen-bond donors (Lipinski definition) is 4. The summed E-state index contributed by atoms with van der Waals surface area (Å²) in [5, 5.41) is 11.1. The predicted molar refractivity (Wildman–Crippen MR) is 70.9 cm³/mol. The normalized spacial score (nSPS) is 11.9. The topological polar surface area (TPSA) is 86.8 Å². The molecule has 0 aromatic heterocycles. The van der Waals surface area contributed by atoms with Crippen molar-refractivity contribution < 1.29 is 0 Å². The zero-order chi connectivity index (χ0) is 11.8. The Balaban J connectivity index is 4.29. The highest BCUT2D eigenvalue weighted by atomic mass is 32.1. The SMILES string of the molecule is CNC(=S)N/N=C(C)/C(C)=N/NC(N)=S. The highest BCUT2D eigenvalue weighted by Gasteiger charge is 1.97. The van der Waals surface area contributed by atoms with Gasteiger partial charge in [0, 0.05) is 7.05 Å². The van der Waals surface area contributed by atoms with Crippen molar-refractivity contribution in [1.82, 2.24) is 16.2 Å². The van der Waals surface area contributed by atoms with Gasteiger partial charge in [0.05, 0.1) is 11.4 Å². The Morgan fingerprint density at radius 3 is 1.93 bits per heavy atom. The Kier molecular flexibility index (Phi) is 6.47. The van der Waals surface area contributed by atoms with Gasteiger partial charge in [0.25, 0.3) is 0 Å². The molecule has 0 unspecified atom stereocenters. The second-order valence-corrected chi connectivity index (χ2v) is 3.41. The van der Waals surface area contributed by atoms with Gasteiger partial charge in [-0.05, 0) is 38.3 Å². The smallest absolute Gasteiger partial charge is 0.186 e. The molecule has 0 bridgehead atoms. The van der Waals surface area contributed by atoms with Gasteiger partial charge in [0.2, 0.25) is 0 Å². The molecule has 0 aromatic rings. The third-order valence-corrected chi connectivity index (χ3v) is 1.80. The minimum absolute atomic E-state index is 0.112. The fourth-order valence-corrected chi connectivity index (χ4v) is 0.583. The van der Waals surface area contributed by atoms with Crippen LogP contribution in [0.3, 0.4) is 0 Å². The quantitative estimate of drug-likeness (QED) is 0.310. The van der Waals surface area contributed by atoms with Crippen LogP contribution < -0.4 is 21.9 Å². The van der Waals surface area contributed by atoms with Crippen LogP contribution in [0.2, 0.25) is 0 Å².